The van der Waals surface area contributed by atoms with Gasteiger partial charge in [-0.05, 0) is 42.9 Å². The Hall–Kier alpha value is -2.14. The first-order valence-electron chi connectivity index (χ1n) is 7.16. The quantitative estimate of drug-likeness (QED) is 0.844. The number of halogens is 2. The highest BCUT2D eigenvalue weighted by Crippen LogP contribution is 2.34. The molecule has 0 bridgehead atoms. The first kappa shape index (κ1) is 14.8. The number of hydrogen-bond donors (Lipinski definition) is 0. The lowest BCUT2D eigenvalue weighted by Crippen LogP contribution is -2.26. The molecule has 0 aromatic heterocycles. The van der Waals surface area contributed by atoms with Crippen molar-refractivity contribution in [3.05, 3.63) is 53.6 Å². The zero-order valence-electron chi connectivity index (χ0n) is 12.6. The lowest BCUT2D eigenvalue weighted by molar-refractivity contribution is 0.342. The third kappa shape index (κ3) is 2.76. The minimum absolute atomic E-state index is 0.653. The summed E-state index contributed by atoms with van der Waals surface area (Å²) in [6, 6.07) is 9.87. The molecule has 0 radical (unpaired) electrons. The molecule has 0 spiro atoms. The van der Waals surface area contributed by atoms with Crippen LogP contribution >= 0.6 is 0 Å². The molecule has 0 N–H and O–H groups in total. The number of hydrogen-bond acceptors (Lipinski definition) is 3. The molecule has 0 saturated heterocycles. The van der Waals surface area contributed by atoms with Crippen LogP contribution in [0.3, 0.4) is 0 Å². The number of ether oxygens (including phenoxy) is 1. The minimum atomic E-state index is -0.829. The van der Waals surface area contributed by atoms with E-state index in [9.17, 15) is 8.78 Å². The number of methoxy groups -OCH3 is 1. The molecule has 1 aliphatic rings. The lowest BCUT2D eigenvalue weighted by Gasteiger charge is -2.25. The second kappa shape index (κ2) is 5.93. The monoisotopic (exact) mass is 304 g/mol. The first-order chi connectivity index (χ1) is 10.6. The van der Waals surface area contributed by atoms with Gasteiger partial charge in [-0.1, -0.05) is 0 Å². The van der Waals surface area contributed by atoms with Gasteiger partial charge in [0.25, 0.3) is 0 Å². The zero-order valence-corrected chi connectivity index (χ0v) is 12.6. The summed E-state index contributed by atoms with van der Waals surface area (Å²) in [7, 11) is 3.67. The topological polar surface area (TPSA) is 15.7 Å². The highest BCUT2D eigenvalue weighted by Gasteiger charge is 2.20. The van der Waals surface area contributed by atoms with Gasteiger partial charge >= 0.3 is 0 Å². The van der Waals surface area contributed by atoms with Crippen LogP contribution in [0.5, 0.6) is 5.75 Å². The number of fused-ring (bicyclic) bond motifs is 1. The van der Waals surface area contributed by atoms with Gasteiger partial charge in [0.05, 0.1) is 7.11 Å². The van der Waals surface area contributed by atoms with Crippen LogP contribution in [0.1, 0.15) is 5.56 Å². The maximum atomic E-state index is 13.6. The smallest absolute Gasteiger partial charge is 0.160 e. The largest absolute Gasteiger partial charge is 0.497 e. The molecule has 0 aliphatic carbocycles. The molecule has 3 rings (SSSR count). The van der Waals surface area contributed by atoms with Gasteiger partial charge < -0.3 is 14.5 Å². The fraction of sp³-hybridized carbons (Fsp3) is 0.294. The van der Waals surface area contributed by atoms with E-state index in [1.807, 2.05) is 30.1 Å². The van der Waals surface area contributed by atoms with Crippen LogP contribution in [0.25, 0.3) is 0 Å². The zero-order chi connectivity index (χ0) is 15.7. The van der Waals surface area contributed by atoms with Gasteiger partial charge in [-0.25, -0.2) is 8.78 Å². The van der Waals surface area contributed by atoms with Crippen molar-refractivity contribution in [3.8, 4) is 5.75 Å². The van der Waals surface area contributed by atoms with Crippen molar-refractivity contribution in [2.24, 2.45) is 0 Å². The summed E-state index contributed by atoms with van der Waals surface area (Å²) < 4.78 is 32.0. The summed E-state index contributed by atoms with van der Waals surface area (Å²) in [5.74, 6) is -0.866. The molecular weight excluding hydrogens is 286 g/mol. The van der Waals surface area contributed by atoms with Crippen LogP contribution in [0.2, 0.25) is 0 Å². The van der Waals surface area contributed by atoms with Crippen molar-refractivity contribution in [1.29, 1.82) is 0 Å². The average molecular weight is 304 g/mol. The van der Waals surface area contributed by atoms with E-state index >= 15 is 0 Å². The average Bonchev–Trinajstić information content (AvgIpc) is 2.67. The van der Waals surface area contributed by atoms with Crippen LogP contribution in [0.4, 0.5) is 20.2 Å². The van der Waals surface area contributed by atoms with Crippen molar-refractivity contribution in [2.75, 3.05) is 32.1 Å². The van der Waals surface area contributed by atoms with Gasteiger partial charge in [0.1, 0.15) is 5.75 Å². The minimum Gasteiger partial charge on any atom is -0.497 e. The van der Waals surface area contributed by atoms with Gasteiger partial charge in [0.2, 0.25) is 0 Å². The molecule has 116 valence electrons. The summed E-state index contributed by atoms with van der Waals surface area (Å²) in [6.07, 6.45) is 0. The molecular formula is C17H18F2N2O. The summed E-state index contributed by atoms with van der Waals surface area (Å²) in [5.41, 5.74) is 2.75. The van der Waals surface area contributed by atoms with Crippen molar-refractivity contribution >= 4 is 11.4 Å². The van der Waals surface area contributed by atoms with Gasteiger partial charge in [-0.15, -0.1) is 0 Å². The maximum Gasteiger partial charge on any atom is 0.160 e. The van der Waals surface area contributed by atoms with E-state index in [4.69, 9.17) is 4.74 Å². The van der Waals surface area contributed by atoms with Crippen LogP contribution in [-0.2, 0) is 6.54 Å². The third-order valence-corrected chi connectivity index (χ3v) is 3.94. The molecule has 1 heterocycles. The predicted molar refractivity (Wildman–Crippen MR) is 82.7 cm³/mol. The molecule has 5 heteroatoms. The lowest BCUT2D eigenvalue weighted by atomic mass is 10.1. The summed E-state index contributed by atoms with van der Waals surface area (Å²) in [6.45, 7) is 2.32. The van der Waals surface area contributed by atoms with Crippen molar-refractivity contribution in [3.63, 3.8) is 0 Å². The Balaban J connectivity index is 2.07. The van der Waals surface area contributed by atoms with Crippen molar-refractivity contribution in [1.82, 2.24) is 4.90 Å². The summed E-state index contributed by atoms with van der Waals surface area (Å²) >= 11 is 0. The number of rotatable bonds is 2. The highest BCUT2D eigenvalue weighted by atomic mass is 19.2. The Morgan fingerprint density at radius 3 is 2.55 bits per heavy atom. The maximum absolute atomic E-state index is 13.6. The Bertz CT molecular complexity index is 690. The van der Waals surface area contributed by atoms with E-state index in [0.717, 1.165) is 30.1 Å². The molecule has 2 aromatic carbocycles. The Morgan fingerprint density at radius 1 is 1.00 bits per heavy atom. The Morgan fingerprint density at radius 2 is 1.82 bits per heavy atom. The highest BCUT2D eigenvalue weighted by molar-refractivity contribution is 5.68. The fourth-order valence-electron chi connectivity index (χ4n) is 2.76. The summed E-state index contributed by atoms with van der Waals surface area (Å²) in [4.78, 5) is 4.21. The van der Waals surface area contributed by atoms with E-state index in [-0.39, 0.29) is 0 Å². The second-order valence-electron chi connectivity index (χ2n) is 5.48. The van der Waals surface area contributed by atoms with Crippen LogP contribution in [-0.4, -0.2) is 32.1 Å². The van der Waals surface area contributed by atoms with Crippen LogP contribution < -0.4 is 9.64 Å². The molecule has 1 aliphatic heterocycles. The Kier molecular flexibility index (Phi) is 3.98. The van der Waals surface area contributed by atoms with Crippen LogP contribution in [0.15, 0.2) is 36.4 Å². The molecule has 0 atom stereocenters. The van der Waals surface area contributed by atoms with Gasteiger partial charge in [-0.3, -0.25) is 0 Å². The van der Waals surface area contributed by atoms with E-state index in [1.54, 1.807) is 13.2 Å². The van der Waals surface area contributed by atoms with Crippen molar-refractivity contribution < 1.29 is 13.5 Å². The van der Waals surface area contributed by atoms with E-state index in [2.05, 4.69) is 4.90 Å². The molecule has 0 amide bonds. The summed E-state index contributed by atoms with van der Waals surface area (Å²) in [5, 5.41) is 0. The molecule has 0 fully saturated rings. The molecule has 22 heavy (non-hydrogen) atoms. The Labute approximate surface area is 128 Å². The number of nitrogens with zero attached hydrogens (tertiary/aromatic N) is 2. The van der Waals surface area contributed by atoms with E-state index in [0.29, 0.717) is 12.2 Å². The normalized spacial score (nSPS) is 15.4. The molecule has 0 saturated carbocycles. The molecule has 0 unspecified atom stereocenters. The first-order valence-corrected chi connectivity index (χ1v) is 7.16. The number of benzene rings is 2. The predicted octanol–water partition coefficient (Wildman–Crippen LogP) is 3.56. The van der Waals surface area contributed by atoms with Crippen molar-refractivity contribution in [2.45, 2.75) is 6.54 Å². The number of likely N-dealkylation sites (N-methyl/N-ethyl adjacent to an activating group) is 1. The van der Waals surface area contributed by atoms with E-state index < -0.39 is 11.6 Å². The fourth-order valence-corrected chi connectivity index (χ4v) is 2.76. The molecule has 2 aromatic rings. The van der Waals surface area contributed by atoms with Gasteiger partial charge in [0, 0.05) is 37.1 Å². The van der Waals surface area contributed by atoms with E-state index in [1.165, 1.54) is 12.1 Å². The standard InChI is InChI=1S/C17H18F2N2O/c1-20-7-8-21(13-3-5-15(18)16(19)10-13)17-6-4-14(22-2)9-12(17)11-20/h3-6,9-10H,7-8,11H2,1-2H3. The SMILES string of the molecule is COc1ccc2c(c1)CN(C)CCN2c1ccc(F)c(F)c1. The number of anilines is 2. The van der Waals surface area contributed by atoms with Crippen LogP contribution in [0, 0.1) is 11.6 Å². The third-order valence-electron chi connectivity index (χ3n) is 3.94. The molecule has 3 nitrogen and oxygen atoms in total. The second-order valence-corrected chi connectivity index (χ2v) is 5.48. The van der Waals surface area contributed by atoms with Gasteiger partial charge in [-0.2, -0.15) is 0 Å². The van der Waals surface area contributed by atoms with Gasteiger partial charge in [0.15, 0.2) is 11.6 Å².